The normalized spacial score (nSPS) is 16.3. The number of amides is 2. The van der Waals surface area contributed by atoms with E-state index in [2.05, 4.69) is 15.5 Å². The van der Waals surface area contributed by atoms with Crippen LogP contribution in [0.25, 0.3) is 0 Å². The van der Waals surface area contributed by atoms with Crippen molar-refractivity contribution in [1.29, 1.82) is 0 Å². The van der Waals surface area contributed by atoms with Gasteiger partial charge in [-0.05, 0) is 25.1 Å². The third-order valence-corrected chi connectivity index (χ3v) is 4.13. The molecule has 0 bridgehead atoms. The monoisotopic (exact) mass is 358 g/mol. The summed E-state index contributed by atoms with van der Waals surface area (Å²) < 4.78 is 16.2. The summed E-state index contributed by atoms with van der Waals surface area (Å²) in [4.78, 5) is 14.2. The van der Waals surface area contributed by atoms with Crippen molar-refractivity contribution < 1.29 is 19.0 Å². The molecule has 26 heavy (non-hydrogen) atoms. The topological polar surface area (TPSA) is 85.8 Å². The Hall–Kier alpha value is -3.03. The van der Waals surface area contributed by atoms with Crippen molar-refractivity contribution >= 4 is 11.7 Å². The van der Waals surface area contributed by atoms with Crippen molar-refractivity contribution in [2.24, 2.45) is 0 Å². The van der Waals surface area contributed by atoms with E-state index in [1.54, 1.807) is 43.4 Å². The fourth-order valence-electron chi connectivity index (χ4n) is 2.75. The van der Waals surface area contributed by atoms with Crippen molar-refractivity contribution in [1.82, 2.24) is 15.1 Å². The van der Waals surface area contributed by atoms with E-state index in [1.807, 2.05) is 13.0 Å². The average molecular weight is 358 g/mol. The Morgan fingerprint density at radius 1 is 1.15 bits per heavy atom. The van der Waals surface area contributed by atoms with Crippen molar-refractivity contribution in [2.45, 2.75) is 19.4 Å². The first-order valence-electron chi connectivity index (χ1n) is 8.34. The van der Waals surface area contributed by atoms with Gasteiger partial charge in [0, 0.05) is 30.8 Å². The number of ether oxygens (including phenoxy) is 3. The van der Waals surface area contributed by atoms with Gasteiger partial charge in [0.05, 0.1) is 26.5 Å². The smallest absolute Gasteiger partial charge is 0.321 e. The Morgan fingerprint density at radius 2 is 1.96 bits per heavy atom. The second-order valence-electron chi connectivity index (χ2n) is 5.99. The van der Waals surface area contributed by atoms with Crippen LogP contribution in [0.3, 0.4) is 0 Å². The van der Waals surface area contributed by atoms with Gasteiger partial charge in [-0.25, -0.2) is 4.79 Å². The van der Waals surface area contributed by atoms with Gasteiger partial charge >= 0.3 is 6.03 Å². The molecule has 2 aromatic rings. The van der Waals surface area contributed by atoms with E-state index in [0.717, 1.165) is 12.1 Å². The first kappa shape index (κ1) is 17.8. The van der Waals surface area contributed by atoms with Crippen LogP contribution in [-0.2, 0) is 0 Å². The first-order chi connectivity index (χ1) is 12.6. The van der Waals surface area contributed by atoms with Crippen LogP contribution in [0.4, 0.5) is 10.5 Å². The third-order valence-electron chi connectivity index (χ3n) is 4.13. The minimum absolute atomic E-state index is 0.0943. The lowest BCUT2D eigenvalue weighted by atomic mass is 10.3. The molecule has 1 saturated heterocycles. The van der Waals surface area contributed by atoms with Crippen LogP contribution >= 0.6 is 0 Å². The molecule has 1 fully saturated rings. The zero-order valence-electron chi connectivity index (χ0n) is 15.1. The van der Waals surface area contributed by atoms with Gasteiger partial charge < -0.3 is 24.4 Å². The standard InChI is InChI=1S/C18H22N4O4/c1-12-4-7-17(21-20-12)26-14-8-9-22(11-14)18(23)19-13-5-6-15(24-2)16(10-13)25-3/h4-7,10,14H,8-9,11H2,1-3H3,(H,19,23). The molecule has 3 rings (SSSR count). The molecular weight excluding hydrogens is 336 g/mol. The van der Waals surface area contributed by atoms with Crippen molar-refractivity contribution in [3.8, 4) is 17.4 Å². The number of benzene rings is 1. The Morgan fingerprint density at radius 3 is 2.65 bits per heavy atom. The summed E-state index contributed by atoms with van der Waals surface area (Å²) in [5.41, 5.74) is 1.47. The summed E-state index contributed by atoms with van der Waals surface area (Å²) in [7, 11) is 3.12. The predicted octanol–water partition coefficient (Wildman–Crippen LogP) is 2.49. The number of aryl methyl sites for hydroxylation is 1. The molecule has 0 spiro atoms. The molecule has 138 valence electrons. The molecule has 8 heteroatoms. The number of likely N-dealkylation sites (tertiary alicyclic amines) is 1. The molecule has 1 unspecified atom stereocenters. The quantitative estimate of drug-likeness (QED) is 0.884. The number of urea groups is 1. The lowest BCUT2D eigenvalue weighted by Gasteiger charge is -2.18. The second-order valence-corrected chi connectivity index (χ2v) is 5.99. The first-order valence-corrected chi connectivity index (χ1v) is 8.34. The molecule has 1 aromatic carbocycles. The van der Waals surface area contributed by atoms with Crippen LogP contribution in [0.15, 0.2) is 30.3 Å². The van der Waals surface area contributed by atoms with Crippen LogP contribution in [-0.4, -0.2) is 54.5 Å². The van der Waals surface area contributed by atoms with E-state index in [1.165, 1.54) is 0 Å². The highest BCUT2D eigenvalue weighted by atomic mass is 16.5. The largest absolute Gasteiger partial charge is 0.493 e. The number of hydrogen-bond donors (Lipinski definition) is 1. The highest BCUT2D eigenvalue weighted by Gasteiger charge is 2.28. The Balaban J connectivity index is 1.56. The number of carbonyl (C=O) groups is 1. The SMILES string of the molecule is COc1ccc(NC(=O)N2CCC(Oc3ccc(C)nn3)C2)cc1OC. The zero-order valence-corrected chi connectivity index (χ0v) is 15.1. The summed E-state index contributed by atoms with van der Waals surface area (Å²) in [6.45, 7) is 2.98. The average Bonchev–Trinajstić information content (AvgIpc) is 3.12. The molecule has 1 aliphatic heterocycles. The van der Waals surface area contributed by atoms with Crippen LogP contribution in [0.2, 0.25) is 0 Å². The molecule has 1 N–H and O–H groups in total. The molecule has 0 aliphatic carbocycles. The van der Waals surface area contributed by atoms with Gasteiger partial charge in [-0.2, -0.15) is 5.10 Å². The number of carbonyl (C=O) groups excluding carboxylic acids is 1. The van der Waals surface area contributed by atoms with Crippen LogP contribution in [0, 0.1) is 6.92 Å². The summed E-state index contributed by atoms with van der Waals surface area (Å²) in [6, 6.07) is 8.69. The van der Waals surface area contributed by atoms with E-state index in [0.29, 0.717) is 36.2 Å². The summed E-state index contributed by atoms with van der Waals surface area (Å²) in [5, 5.41) is 10.8. The minimum Gasteiger partial charge on any atom is -0.493 e. The van der Waals surface area contributed by atoms with Gasteiger partial charge in [0.1, 0.15) is 6.10 Å². The molecule has 1 aromatic heterocycles. The minimum atomic E-state index is -0.182. The van der Waals surface area contributed by atoms with Gasteiger partial charge in [-0.15, -0.1) is 5.10 Å². The maximum absolute atomic E-state index is 12.5. The number of nitrogens with zero attached hydrogens (tertiary/aromatic N) is 3. The zero-order chi connectivity index (χ0) is 18.5. The van der Waals surface area contributed by atoms with Crippen LogP contribution < -0.4 is 19.5 Å². The van der Waals surface area contributed by atoms with Gasteiger partial charge in [-0.1, -0.05) is 0 Å². The van der Waals surface area contributed by atoms with Crippen molar-refractivity contribution in [2.75, 3.05) is 32.6 Å². The van der Waals surface area contributed by atoms with Gasteiger partial charge in [0.15, 0.2) is 11.5 Å². The van der Waals surface area contributed by atoms with E-state index in [9.17, 15) is 4.79 Å². The number of methoxy groups -OCH3 is 2. The van der Waals surface area contributed by atoms with E-state index in [-0.39, 0.29) is 12.1 Å². The number of aromatic nitrogens is 2. The third kappa shape index (κ3) is 4.14. The Labute approximate surface area is 152 Å². The summed E-state index contributed by atoms with van der Waals surface area (Å²) in [5.74, 6) is 1.65. The van der Waals surface area contributed by atoms with Crippen LogP contribution in [0.5, 0.6) is 17.4 Å². The molecular formula is C18H22N4O4. The number of nitrogens with one attached hydrogen (secondary N) is 1. The maximum atomic E-state index is 12.5. The molecule has 1 atom stereocenters. The lowest BCUT2D eigenvalue weighted by Crippen LogP contribution is -2.34. The predicted molar refractivity (Wildman–Crippen MR) is 95.9 cm³/mol. The van der Waals surface area contributed by atoms with Gasteiger partial charge in [0.25, 0.3) is 0 Å². The van der Waals surface area contributed by atoms with Gasteiger partial charge in [0.2, 0.25) is 5.88 Å². The van der Waals surface area contributed by atoms with Crippen molar-refractivity contribution in [3.63, 3.8) is 0 Å². The highest BCUT2D eigenvalue weighted by molar-refractivity contribution is 5.90. The number of anilines is 1. The molecule has 1 aliphatic rings. The Kier molecular flexibility index (Phi) is 5.40. The maximum Gasteiger partial charge on any atom is 0.321 e. The summed E-state index contributed by atoms with van der Waals surface area (Å²) in [6.07, 6.45) is 0.651. The molecule has 0 radical (unpaired) electrons. The number of rotatable bonds is 5. The van der Waals surface area contributed by atoms with Crippen molar-refractivity contribution in [3.05, 3.63) is 36.0 Å². The molecule has 8 nitrogen and oxygen atoms in total. The highest BCUT2D eigenvalue weighted by Crippen LogP contribution is 2.30. The van der Waals surface area contributed by atoms with Gasteiger partial charge in [-0.3, -0.25) is 0 Å². The second kappa shape index (κ2) is 7.90. The lowest BCUT2D eigenvalue weighted by molar-refractivity contribution is 0.188. The summed E-state index contributed by atoms with van der Waals surface area (Å²) >= 11 is 0. The van der Waals surface area contributed by atoms with E-state index in [4.69, 9.17) is 14.2 Å². The molecule has 0 saturated carbocycles. The fraction of sp³-hybridized carbons (Fsp3) is 0.389. The number of hydrogen-bond acceptors (Lipinski definition) is 6. The Bertz CT molecular complexity index is 766. The van der Waals surface area contributed by atoms with Crippen LogP contribution in [0.1, 0.15) is 12.1 Å². The fourth-order valence-corrected chi connectivity index (χ4v) is 2.75. The van der Waals surface area contributed by atoms with E-state index < -0.39 is 0 Å². The van der Waals surface area contributed by atoms with E-state index >= 15 is 0 Å². The molecule has 2 heterocycles. The molecule has 2 amide bonds.